The predicted molar refractivity (Wildman–Crippen MR) is 99.6 cm³/mol. The topological polar surface area (TPSA) is 65.3 Å². The number of benzene rings is 1. The van der Waals surface area contributed by atoms with Crippen molar-refractivity contribution in [1.29, 1.82) is 0 Å². The summed E-state index contributed by atoms with van der Waals surface area (Å²) in [6.45, 7) is 6.13. The molecule has 26 heavy (non-hydrogen) atoms. The zero-order valence-electron chi connectivity index (χ0n) is 15.6. The van der Waals surface area contributed by atoms with Crippen LogP contribution in [0.4, 0.5) is 5.82 Å². The van der Waals surface area contributed by atoms with Crippen molar-refractivity contribution in [2.24, 2.45) is 7.05 Å². The first-order valence-electron chi connectivity index (χ1n) is 8.72. The lowest BCUT2D eigenvalue weighted by Gasteiger charge is -2.40. The molecule has 0 unspecified atom stereocenters. The summed E-state index contributed by atoms with van der Waals surface area (Å²) in [5.74, 6) is 2.56. The first kappa shape index (κ1) is 16.8. The lowest BCUT2D eigenvalue weighted by molar-refractivity contribution is 0.164. The van der Waals surface area contributed by atoms with E-state index in [-0.39, 0.29) is 6.10 Å². The normalized spacial score (nSPS) is 14.7. The highest BCUT2D eigenvalue weighted by molar-refractivity contribution is 5.87. The first-order chi connectivity index (χ1) is 12.6. The van der Waals surface area contributed by atoms with Crippen molar-refractivity contribution in [3.63, 3.8) is 0 Å². The number of fused-ring (bicyclic) bond motifs is 1. The number of nitrogens with zero attached hydrogens (tertiary/aromatic N) is 5. The van der Waals surface area contributed by atoms with E-state index >= 15 is 0 Å². The van der Waals surface area contributed by atoms with Crippen LogP contribution >= 0.6 is 0 Å². The quantitative estimate of drug-likeness (QED) is 0.702. The smallest absolute Gasteiger partial charge is 0.163 e. The van der Waals surface area contributed by atoms with Gasteiger partial charge >= 0.3 is 0 Å². The maximum absolute atomic E-state index is 6.23. The predicted octanol–water partition coefficient (Wildman–Crippen LogP) is 2.39. The highest BCUT2D eigenvalue weighted by atomic mass is 16.5. The molecule has 1 aliphatic rings. The molecule has 3 heterocycles. The summed E-state index contributed by atoms with van der Waals surface area (Å²) in [6.07, 6.45) is 1.98. The SMILES string of the molecule is COCc1nc(N2CC(Oc3c(C)cccc3C)C2)c2cnn(C)c2n1. The van der Waals surface area contributed by atoms with Gasteiger partial charge in [-0.2, -0.15) is 5.10 Å². The van der Waals surface area contributed by atoms with Gasteiger partial charge in [0.1, 0.15) is 24.3 Å². The molecular formula is C19H23N5O2. The number of para-hydroxylation sites is 1. The van der Waals surface area contributed by atoms with Crippen LogP contribution in [0.1, 0.15) is 17.0 Å². The molecule has 7 nitrogen and oxygen atoms in total. The minimum atomic E-state index is 0.155. The number of aromatic nitrogens is 4. The number of hydrogen-bond donors (Lipinski definition) is 0. The van der Waals surface area contributed by atoms with Crippen LogP contribution in [0.5, 0.6) is 5.75 Å². The van der Waals surface area contributed by atoms with E-state index in [4.69, 9.17) is 9.47 Å². The third-order valence-electron chi connectivity index (χ3n) is 4.73. The molecule has 0 atom stereocenters. The fraction of sp³-hybridized carbons (Fsp3) is 0.421. The molecule has 1 fully saturated rings. The Labute approximate surface area is 152 Å². The molecule has 0 spiro atoms. The minimum Gasteiger partial charge on any atom is -0.486 e. The van der Waals surface area contributed by atoms with Crippen LogP contribution in [-0.2, 0) is 18.4 Å². The van der Waals surface area contributed by atoms with Gasteiger partial charge < -0.3 is 14.4 Å². The summed E-state index contributed by atoms with van der Waals surface area (Å²) in [5, 5.41) is 5.28. The molecule has 1 aromatic carbocycles. The minimum absolute atomic E-state index is 0.155. The summed E-state index contributed by atoms with van der Waals surface area (Å²) in [7, 11) is 3.53. The average Bonchev–Trinajstić information content (AvgIpc) is 2.94. The Hall–Kier alpha value is -2.67. The largest absolute Gasteiger partial charge is 0.486 e. The second-order valence-electron chi connectivity index (χ2n) is 6.77. The number of aryl methyl sites for hydroxylation is 3. The van der Waals surface area contributed by atoms with Gasteiger partial charge in [0, 0.05) is 14.2 Å². The van der Waals surface area contributed by atoms with E-state index in [0.29, 0.717) is 12.4 Å². The van der Waals surface area contributed by atoms with Crippen LogP contribution in [0, 0.1) is 13.8 Å². The van der Waals surface area contributed by atoms with Crippen molar-refractivity contribution in [2.45, 2.75) is 26.6 Å². The van der Waals surface area contributed by atoms with Gasteiger partial charge in [-0.3, -0.25) is 4.68 Å². The zero-order valence-corrected chi connectivity index (χ0v) is 15.6. The summed E-state index contributed by atoms with van der Waals surface area (Å²) >= 11 is 0. The number of ether oxygens (including phenoxy) is 2. The van der Waals surface area contributed by atoms with Gasteiger partial charge in [-0.25, -0.2) is 9.97 Å². The zero-order chi connectivity index (χ0) is 18.3. The molecule has 0 radical (unpaired) electrons. The third kappa shape index (κ3) is 2.88. The fourth-order valence-corrected chi connectivity index (χ4v) is 3.32. The van der Waals surface area contributed by atoms with E-state index in [9.17, 15) is 0 Å². The van der Waals surface area contributed by atoms with Gasteiger partial charge in [0.15, 0.2) is 11.5 Å². The molecule has 0 N–H and O–H groups in total. The number of anilines is 1. The maximum Gasteiger partial charge on any atom is 0.163 e. The van der Waals surface area contributed by atoms with Gasteiger partial charge in [0.25, 0.3) is 0 Å². The van der Waals surface area contributed by atoms with Gasteiger partial charge in [0.05, 0.1) is 24.7 Å². The molecule has 136 valence electrons. The van der Waals surface area contributed by atoms with Crippen molar-refractivity contribution in [2.75, 3.05) is 25.1 Å². The van der Waals surface area contributed by atoms with Crippen LogP contribution < -0.4 is 9.64 Å². The van der Waals surface area contributed by atoms with Gasteiger partial charge in [-0.1, -0.05) is 18.2 Å². The molecule has 0 aliphatic carbocycles. The molecule has 0 amide bonds. The van der Waals surface area contributed by atoms with Crippen molar-refractivity contribution < 1.29 is 9.47 Å². The van der Waals surface area contributed by atoms with E-state index in [0.717, 1.165) is 35.7 Å². The Morgan fingerprint density at radius 1 is 1.15 bits per heavy atom. The van der Waals surface area contributed by atoms with Crippen molar-refractivity contribution in [1.82, 2.24) is 19.7 Å². The van der Waals surface area contributed by atoms with Crippen molar-refractivity contribution >= 4 is 16.9 Å². The van der Waals surface area contributed by atoms with E-state index in [1.165, 1.54) is 11.1 Å². The molecule has 0 bridgehead atoms. The van der Waals surface area contributed by atoms with Gasteiger partial charge in [-0.15, -0.1) is 0 Å². The van der Waals surface area contributed by atoms with Crippen molar-refractivity contribution in [3.05, 3.63) is 41.3 Å². The first-order valence-corrected chi connectivity index (χ1v) is 8.72. The molecule has 3 aromatic rings. The molecule has 4 rings (SSSR count). The molecule has 2 aromatic heterocycles. The maximum atomic E-state index is 6.23. The molecule has 7 heteroatoms. The Bertz CT molecular complexity index is 926. The van der Waals surface area contributed by atoms with E-state index in [1.807, 2.05) is 13.2 Å². The Morgan fingerprint density at radius 2 is 1.88 bits per heavy atom. The van der Waals surface area contributed by atoms with Crippen molar-refractivity contribution in [3.8, 4) is 5.75 Å². The standard InChI is InChI=1S/C19H23N5O2/c1-12-6-5-7-13(2)17(12)26-14-9-24(10-14)19-15-8-20-23(3)18(15)21-16(22-19)11-25-4/h5-8,14H,9-11H2,1-4H3. The lowest BCUT2D eigenvalue weighted by Crippen LogP contribution is -2.54. The van der Waals surface area contributed by atoms with Crippen LogP contribution in [0.2, 0.25) is 0 Å². The number of rotatable bonds is 5. The Kier molecular flexibility index (Phi) is 4.24. The van der Waals surface area contributed by atoms with Gasteiger partial charge in [-0.05, 0) is 25.0 Å². The van der Waals surface area contributed by atoms with E-state index in [2.05, 4.69) is 52.0 Å². The summed E-state index contributed by atoms with van der Waals surface area (Å²) in [5.41, 5.74) is 3.16. The Balaban J connectivity index is 1.55. The average molecular weight is 353 g/mol. The Morgan fingerprint density at radius 3 is 2.58 bits per heavy atom. The van der Waals surface area contributed by atoms with E-state index < -0.39 is 0 Å². The summed E-state index contributed by atoms with van der Waals surface area (Å²) in [6, 6.07) is 6.22. The fourth-order valence-electron chi connectivity index (χ4n) is 3.32. The molecule has 1 aliphatic heterocycles. The van der Waals surface area contributed by atoms with Crippen LogP contribution in [-0.4, -0.2) is 46.1 Å². The number of methoxy groups -OCH3 is 1. The summed E-state index contributed by atoms with van der Waals surface area (Å²) < 4.78 is 13.2. The van der Waals surface area contributed by atoms with Crippen LogP contribution in [0.3, 0.4) is 0 Å². The van der Waals surface area contributed by atoms with E-state index in [1.54, 1.807) is 11.8 Å². The highest BCUT2D eigenvalue weighted by Crippen LogP contribution is 2.31. The molecular weight excluding hydrogens is 330 g/mol. The van der Waals surface area contributed by atoms with Crippen LogP contribution in [0.25, 0.3) is 11.0 Å². The van der Waals surface area contributed by atoms with Crippen LogP contribution in [0.15, 0.2) is 24.4 Å². The lowest BCUT2D eigenvalue weighted by atomic mass is 10.1. The molecule has 1 saturated heterocycles. The second kappa shape index (κ2) is 6.57. The number of hydrogen-bond acceptors (Lipinski definition) is 6. The molecule has 0 saturated carbocycles. The van der Waals surface area contributed by atoms with Gasteiger partial charge in [0.2, 0.25) is 0 Å². The second-order valence-corrected chi connectivity index (χ2v) is 6.77. The summed E-state index contributed by atoms with van der Waals surface area (Å²) in [4.78, 5) is 11.4. The highest BCUT2D eigenvalue weighted by Gasteiger charge is 2.32. The monoisotopic (exact) mass is 353 g/mol. The third-order valence-corrected chi connectivity index (χ3v) is 4.73.